The van der Waals surface area contributed by atoms with Gasteiger partial charge in [0, 0.05) is 6.42 Å². The molecule has 104 valence electrons. The van der Waals surface area contributed by atoms with Crippen molar-refractivity contribution in [2.75, 3.05) is 6.61 Å². The summed E-state index contributed by atoms with van der Waals surface area (Å²) in [5.74, 6) is -1.63. The van der Waals surface area contributed by atoms with E-state index in [0.29, 0.717) is 24.2 Å². The number of hydrogen-bond donors (Lipinski definition) is 2. The van der Waals surface area contributed by atoms with E-state index in [0.717, 1.165) is 5.56 Å². The average molecular weight is 266 g/mol. The van der Waals surface area contributed by atoms with Crippen molar-refractivity contribution in [3.63, 3.8) is 0 Å². The molecule has 5 heteroatoms. The quantitative estimate of drug-likeness (QED) is 0.764. The Morgan fingerprint density at radius 3 is 2.63 bits per heavy atom. The number of carboxylic acid groups (broad SMARTS) is 1. The summed E-state index contributed by atoms with van der Waals surface area (Å²) >= 11 is 0. The summed E-state index contributed by atoms with van der Waals surface area (Å²) < 4.78 is 4.83. The van der Waals surface area contributed by atoms with Crippen molar-refractivity contribution >= 4 is 11.9 Å². The molecule has 0 radical (unpaired) electrons. The Morgan fingerprint density at radius 2 is 2.05 bits per heavy atom. The van der Waals surface area contributed by atoms with Crippen LogP contribution in [0.15, 0.2) is 18.2 Å². The lowest BCUT2D eigenvalue weighted by molar-refractivity contribution is -0.147. The molecule has 1 rings (SSSR count). The minimum atomic E-state index is -1.57. The van der Waals surface area contributed by atoms with Crippen molar-refractivity contribution in [3.8, 4) is 0 Å². The van der Waals surface area contributed by atoms with E-state index in [1.807, 2.05) is 13.0 Å². The summed E-state index contributed by atoms with van der Waals surface area (Å²) in [4.78, 5) is 22.2. The highest BCUT2D eigenvalue weighted by Gasteiger charge is 2.20. The highest BCUT2D eigenvalue weighted by atomic mass is 16.5. The minimum Gasteiger partial charge on any atom is -0.479 e. The van der Waals surface area contributed by atoms with Crippen molar-refractivity contribution in [1.29, 1.82) is 0 Å². The van der Waals surface area contributed by atoms with Crippen LogP contribution in [0.25, 0.3) is 0 Å². The van der Waals surface area contributed by atoms with E-state index in [-0.39, 0.29) is 12.4 Å². The van der Waals surface area contributed by atoms with Gasteiger partial charge in [0.05, 0.1) is 6.61 Å². The molecule has 1 atom stereocenters. The summed E-state index contributed by atoms with van der Waals surface area (Å²) in [6, 6.07) is 5.07. The van der Waals surface area contributed by atoms with E-state index in [1.165, 1.54) is 0 Å². The van der Waals surface area contributed by atoms with Crippen LogP contribution in [-0.4, -0.2) is 28.8 Å². The van der Waals surface area contributed by atoms with Gasteiger partial charge in [-0.2, -0.15) is 0 Å². The van der Waals surface area contributed by atoms with Gasteiger partial charge in [-0.3, -0.25) is 4.79 Å². The fraction of sp³-hybridized carbons (Fsp3) is 0.429. The second-order valence-electron chi connectivity index (χ2n) is 4.19. The predicted octanol–water partition coefficient (Wildman–Crippen LogP) is 1.61. The van der Waals surface area contributed by atoms with Crippen LogP contribution in [0.5, 0.6) is 0 Å². The van der Waals surface area contributed by atoms with Crippen molar-refractivity contribution in [2.24, 2.45) is 0 Å². The third-order valence-electron chi connectivity index (χ3n) is 2.86. The third kappa shape index (κ3) is 4.06. The number of aliphatic hydroxyl groups excluding tert-OH is 1. The van der Waals surface area contributed by atoms with Gasteiger partial charge >= 0.3 is 11.9 Å². The molecule has 5 nitrogen and oxygen atoms in total. The highest BCUT2D eigenvalue weighted by Crippen LogP contribution is 2.23. The van der Waals surface area contributed by atoms with E-state index in [1.54, 1.807) is 19.1 Å². The fourth-order valence-electron chi connectivity index (χ4n) is 1.92. The first-order chi connectivity index (χ1) is 8.97. The largest absolute Gasteiger partial charge is 0.479 e. The molecule has 2 N–H and O–H groups in total. The van der Waals surface area contributed by atoms with E-state index in [4.69, 9.17) is 9.84 Å². The molecule has 0 heterocycles. The van der Waals surface area contributed by atoms with Gasteiger partial charge in [0.15, 0.2) is 6.10 Å². The van der Waals surface area contributed by atoms with E-state index >= 15 is 0 Å². The number of rotatable bonds is 6. The van der Waals surface area contributed by atoms with Crippen molar-refractivity contribution < 1.29 is 24.5 Å². The van der Waals surface area contributed by atoms with Gasteiger partial charge in [0.25, 0.3) is 0 Å². The van der Waals surface area contributed by atoms with Crippen LogP contribution in [0.2, 0.25) is 0 Å². The third-order valence-corrected chi connectivity index (χ3v) is 2.86. The van der Waals surface area contributed by atoms with Gasteiger partial charge in [0.1, 0.15) is 0 Å². The zero-order valence-corrected chi connectivity index (χ0v) is 11.0. The first-order valence-corrected chi connectivity index (χ1v) is 6.12. The number of hydrogen-bond acceptors (Lipinski definition) is 4. The Labute approximate surface area is 111 Å². The Morgan fingerprint density at radius 1 is 1.37 bits per heavy atom. The van der Waals surface area contributed by atoms with Crippen LogP contribution < -0.4 is 0 Å². The lowest BCUT2D eigenvalue weighted by Crippen LogP contribution is -2.14. The van der Waals surface area contributed by atoms with Crippen LogP contribution in [0.3, 0.4) is 0 Å². The molecule has 0 saturated heterocycles. The monoisotopic (exact) mass is 266 g/mol. The molecule has 0 saturated carbocycles. The summed E-state index contributed by atoms with van der Waals surface area (Å²) in [6.45, 7) is 3.86. The Hall–Kier alpha value is -1.88. The number of carbonyl (C=O) groups excluding carboxylic acids is 1. The second-order valence-corrected chi connectivity index (χ2v) is 4.19. The smallest absolute Gasteiger partial charge is 0.337 e. The Bertz CT molecular complexity index is 467. The lowest BCUT2D eigenvalue weighted by Gasteiger charge is -2.14. The molecule has 0 fully saturated rings. The summed E-state index contributed by atoms with van der Waals surface area (Å²) in [5.41, 5.74) is 1.87. The van der Waals surface area contributed by atoms with Crippen LogP contribution in [0, 0.1) is 6.92 Å². The van der Waals surface area contributed by atoms with Gasteiger partial charge in [0.2, 0.25) is 0 Å². The average Bonchev–Trinajstić information content (AvgIpc) is 2.36. The normalized spacial score (nSPS) is 11.9. The molecule has 0 amide bonds. The SMILES string of the molecule is CCOC(=O)CCc1c(C)cccc1C(O)C(=O)O. The number of aliphatic carboxylic acids is 1. The number of aliphatic hydroxyl groups is 1. The highest BCUT2D eigenvalue weighted by molar-refractivity contribution is 5.75. The maximum absolute atomic E-state index is 11.3. The molecular weight excluding hydrogens is 248 g/mol. The first-order valence-electron chi connectivity index (χ1n) is 6.12. The zero-order chi connectivity index (χ0) is 14.4. The van der Waals surface area contributed by atoms with Crippen LogP contribution >= 0.6 is 0 Å². The van der Waals surface area contributed by atoms with E-state index in [9.17, 15) is 14.7 Å². The fourth-order valence-corrected chi connectivity index (χ4v) is 1.92. The van der Waals surface area contributed by atoms with Gasteiger partial charge in [-0.1, -0.05) is 18.2 Å². The molecule has 1 unspecified atom stereocenters. The molecule has 0 spiro atoms. The van der Waals surface area contributed by atoms with E-state index in [2.05, 4.69) is 0 Å². The maximum atomic E-state index is 11.3. The molecule has 0 aliphatic carbocycles. The molecular formula is C14H18O5. The van der Waals surface area contributed by atoms with Crippen LogP contribution in [0.4, 0.5) is 0 Å². The zero-order valence-electron chi connectivity index (χ0n) is 11.0. The summed E-state index contributed by atoms with van der Waals surface area (Å²) in [6.07, 6.45) is -1.06. The van der Waals surface area contributed by atoms with Crippen molar-refractivity contribution in [1.82, 2.24) is 0 Å². The topological polar surface area (TPSA) is 83.8 Å². The van der Waals surface area contributed by atoms with Gasteiger partial charge in [-0.25, -0.2) is 4.79 Å². The van der Waals surface area contributed by atoms with Gasteiger partial charge < -0.3 is 14.9 Å². The molecule has 0 aliphatic heterocycles. The number of aryl methyl sites for hydroxylation is 1. The molecule has 0 bridgehead atoms. The second kappa shape index (κ2) is 6.89. The number of benzene rings is 1. The van der Waals surface area contributed by atoms with Gasteiger partial charge in [-0.15, -0.1) is 0 Å². The summed E-state index contributed by atoms with van der Waals surface area (Å²) in [5, 5.41) is 18.5. The first kappa shape index (κ1) is 15.2. The molecule has 19 heavy (non-hydrogen) atoms. The maximum Gasteiger partial charge on any atom is 0.337 e. The molecule has 0 aromatic heterocycles. The number of esters is 1. The number of carbonyl (C=O) groups is 2. The minimum absolute atomic E-state index is 0.165. The lowest BCUT2D eigenvalue weighted by atomic mass is 9.94. The van der Waals surface area contributed by atoms with E-state index < -0.39 is 12.1 Å². The molecule has 0 aliphatic rings. The number of ether oxygens (including phenoxy) is 1. The van der Waals surface area contributed by atoms with Gasteiger partial charge in [-0.05, 0) is 37.0 Å². The van der Waals surface area contributed by atoms with Crippen LogP contribution in [-0.2, 0) is 20.7 Å². The Balaban J connectivity index is 2.92. The molecule has 1 aromatic rings. The van der Waals surface area contributed by atoms with Crippen molar-refractivity contribution in [3.05, 3.63) is 34.9 Å². The summed E-state index contributed by atoms with van der Waals surface area (Å²) in [7, 11) is 0. The standard InChI is InChI=1S/C14H18O5/c1-3-19-12(15)8-7-10-9(2)5-4-6-11(10)13(16)14(17)18/h4-6,13,16H,3,7-8H2,1-2H3,(H,17,18). The van der Waals surface area contributed by atoms with Crippen LogP contribution in [0.1, 0.15) is 36.1 Å². The molecule has 1 aromatic carbocycles. The predicted molar refractivity (Wildman–Crippen MR) is 68.7 cm³/mol. The Kier molecular flexibility index (Phi) is 5.51. The number of carboxylic acids is 1. The van der Waals surface area contributed by atoms with Crippen molar-refractivity contribution in [2.45, 2.75) is 32.8 Å².